The first-order chi connectivity index (χ1) is 16.3. The number of ether oxygens (including phenoxy) is 2. The number of nitrogens with zero attached hydrogens (tertiary/aromatic N) is 1. The van der Waals surface area contributed by atoms with Gasteiger partial charge in [0, 0.05) is 11.3 Å². The Balaban J connectivity index is 1.63. The van der Waals surface area contributed by atoms with Gasteiger partial charge in [0.1, 0.15) is 0 Å². The molecule has 3 rings (SSSR count). The van der Waals surface area contributed by atoms with Gasteiger partial charge in [-0.25, -0.2) is 5.43 Å². The monoisotopic (exact) mass is 523 g/mol. The number of halogens is 1. The van der Waals surface area contributed by atoms with Gasteiger partial charge in [-0.3, -0.25) is 9.59 Å². The summed E-state index contributed by atoms with van der Waals surface area (Å²) in [7, 11) is 1.50. The summed E-state index contributed by atoms with van der Waals surface area (Å²) in [5.74, 6) is 0.210. The Morgan fingerprint density at radius 2 is 1.71 bits per heavy atom. The highest BCUT2D eigenvalue weighted by atomic mass is 79.9. The van der Waals surface area contributed by atoms with E-state index in [1.54, 1.807) is 24.3 Å². The standard InChI is InChI=1S/C26H26BrN3O4/c1-16-5-8-20(9-6-16)26(32)30-28-14-19-12-21(27)25(23(13-19)33-4)34-15-24(31)29-22-10-7-17(2)11-18(22)3/h5-14H,15H2,1-4H3,(H,29,31)(H,30,32)/b28-14+. The smallest absolute Gasteiger partial charge is 0.271 e. The Morgan fingerprint density at radius 3 is 2.38 bits per heavy atom. The summed E-state index contributed by atoms with van der Waals surface area (Å²) >= 11 is 3.45. The molecule has 0 radical (unpaired) electrons. The summed E-state index contributed by atoms with van der Waals surface area (Å²) in [6, 6.07) is 16.5. The third kappa shape index (κ3) is 6.68. The van der Waals surface area contributed by atoms with Crippen molar-refractivity contribution in [1.82, 2.24) is 5.43 Å². The van der Waals surface area contributed by atoms with Crippen molar-refractivity contribution >= 4 is 39.6 Å². The maximum Gasteiger partial charge on any atom is 0.271 e. The highest BCUT2D eigenvalue weighted by Gasteiger charge is 2.14. The van der Waals surface area contributed by atoms with Crippen LogP contribution in [0.5, 0.6) is 11.5 Å². The van der Waals surface area contributed by atoms with E-state index in [1.807, 2.05) is 51.1 Å². The third-order valence-corrected chi connectivity index (χ3v) is 5.54. The summed E-state index contributed by atoms with van der Waals surface area (Å²) in [4.78, 5) is 24.6. The molecule has 8 heteroatoms. The molecule has 0 aliphatic rings. The van der Waals surface area contributed by atoms with Crippen molar-refractivity contribution in [3.63, 3.8) is 0 Å². The summed E-state index contributed by atoms with van der Waals surface area (Å²) < 4.78 is 11.7. The highest BCUT2D eigenvalue weighted by Crippen LogP contribution is 2.36. The molecule has 3 aromatic rings. The van der Waals surface area contributed by atoms with E-state index in [9.17, 15) is 9.59 Å². The van der Waals surface area contributed by atoms with Crippen LogP contribution in [0.15, 0.2) is 64.2 Å². The summed E-state index contributed by atoms with van der Waals surface area (Å²) in [5, 5.41) is 6.87. The van der Waals surface area contributed by atoms with E-state index in [4.69, 9.17) is 9.47 Å². The fraction of sp³-hybridized carbons (Fsp3) is 0.192. The molecule has 34 heavy (non-hydrogen) atoms. The second-order valence-electron chi connectivity index (χ2n) is 7.75. The molecule has 0 aliphatic carbocycles. The number of hydrogen-bond acceptors (Lipinski definition) is 5. The lowest BCUT2D eigenvalue weighted by atomic mass is 10.1. The minimum Gasteiger partial charge on any atom is -0.493 e. The predicted octanol–water partition coefficient (Wildman–Crippen LogP) is 5.16. The molecule has 3 aromatic carbocycles. The Bertz CT molecular complexity index is 1220. The number of carbonyl (C=O) groups is 2. The number of hydrazone groups is 1. The van der Waals surface area contributed by atoms with Gasteiger partial charge in [-0.05, 0) is 78.2 Å². The fourth-order valence-corrected chi connectivity index (χ4v) is 3.74. The molecule has 0 fully saturated rings. The van der Waals surface area contributed by atoms with Crippen molar-refractivity contribution in [1.29, 1.82) is 0 Å². The quantitative estimate of drug-likeness (QED) is 0.315. The molecule has 176 valence electrons. The minimum atomic E-state index is -0.308. The maximum atomic E-state index is 12.4. The molecule has 2 amide bonds. The lowest BCUT2D eigenvalue weighted by Gasteiger charge is -2.14. The fourth-order valence-electron chi connectivity index (χ4n) is 3.17. The first-order valence-electron chi connectivity index (χ1n) is 10.5. The molecule has 0 aromatic heterocycles. The number of aryl methyl sites for hydroxylation is 3. The second-order valence-corrected chi connectivity index (χ2v) is 8.61. The number of nitrogens with one attached hydrogen (secondary N) is 2. The van der Waals surface area contributed by atoms with Gasteiger partial charge >= 0.3 is 0 Å². The molecular formula is C26H26BrN3O4. The van der Waals surface area contributed by atoms with Crippen LogP contribution in [-0.4, -0.2) is 31.7 Å². The Kier molecular flexibility index (Phi) is 8.43. The maximum absolute atomic E-state index is 12.4. The number of methoxy groups -OCH3 is 1. The van der Waals surface area contributed by atoms with E-state index >= 15 is 0 Å². The van der Waals surface area contributed by atoms with Crippen molar-refractivity contribution in [2.45, 2.75) is 20.8 Å². The van der Waals surface area contributed by atoms with Gasteiger partial charge in [-0.15, -0.1) is 0 Å². The van der Waals surface area contributed by atoms with Gasteiger partial charge < -0.3 is 14.8 Å². The van der Waals surface area contributed by atoms with E-state index in [2.05, 4.69) is 31.8 Å². The molecule has 7 nitrogen and oxygen atoms in total. The molecule has 0 bridgehead atoms. The van der Waals surface area contributed by atoms with Crippen molar-refractivity contribution in [2.24, 2.45) is 5.10 Å². The third-order valence-electron chi connectivity index (χ3n) is 4.95. The molecule has 0 saturated heterocycles. The number of rotatable bonds is 8. The van der Waals surface area contributed by atoms with Crippen LogP contribution >= 0.6 is 15.9 Å². The predicted molar refractivity (Wildman–Crippen MR) is 137 cm³/mol. The van der Waals surface area contributed by atoms with Crippen LogP contribution in [0.25, 0.3) is 0 Å². The van der Waals surface area contributed by atoms with Crippen LogP contribution in [0.3, 0.4) is 0 Å². The number of amides is 2. The molecule has 0 saturated carbocycles. The van der Waals surface area contributed by atoms with E-state index in [0.717, 1.165) is 22.4 Å². The molecule has 0 aliphatic heterocycles. The Morgan fingerprint density at radius 1 is 1.00 bits per heavy atom. The van der Waals surface area contributed by atoms with E-state index < -0.39 is 0 Å². The lowest BCUT2D eigenvalue weighted by molar-refractivity contribution is -0.118. The van der Waals surface area contributed by atoms with Gasteiger partial charge in [0.15, 0.2) is 18.1 Å². The summed E-state index contributed by atoms with van der Waals surface area (Å²) in [6.07, 6.45) is 1.50. The highest BCUT2D eigenvalue weighted by molar-refractivity contribution is 9.10. The van der Waals surface area contributed by atoms with Gasteiger partial charge in [0.05, 0.1) is 17.8 Å². The van der Waals surface area contributed by atoms with Gasteiger partial charge in [0.25, 0.3) is 11.8 Å². The van der Waals surface area contributed by atoms with Crippen LogP contribution in [0, 0.1) is 20.8 Å². The van der Waals surface area contributed by atoms with Crippen LogP contribution < -0.4 is 20.2 Å². The van der Waals surface area contributed by atoms with Crippen molar-refractivity contribution in [3.05, 3.63) is 86.9 Å². The molecule has 0 unspecified atom stereocenters. The topological polar surface area (TPSA) is 89.0 Å². The minimum absolute atomic E-state index is 0.192. The molecule has 2 N–H and O–H groups in total. The van der Waals surface area contributed by atoms with E-state index in [1.165, 1.54) is 13.3 Å². The van der Waals surface area contributed by atoms with Crippen LogP contribution in [0.1, 0.15) is 32.6 Å². The van der Waals surface area contributed by atoms with Gasteiger partial charge in [0.2, 0.25) is 0 Å². The second kappa shape index (κ2) is 11.5. The average molecular weight is 524 g/mol. The van der Waals surface area contributed by atoms with E-state index in [0.29, 0.717) is 27.1 Å². The first kappa shape index (κ1) is 25.0. The number of anilines is 1. The first-order valence-corrected chi connectivity index (χ1v) is 11.3. The normalized spacial score (nSPS) is 10.7. The summed E-state index contributed by atoms with van der Waals surface area (Å²) in [6.45, 7) is 5.70. The number of carbonyl (C=O) groups excluding carboxylic acids is 2. The Hall–Kier alpha value is -3.65. The lowest BCUT2D eigenvalue weighted by Crippen LogP contribution is -2.21. The molecule has 0 spiro atoms. The molecule has 0 atom stereocenters. The average Bonchev–Trinajstić information content (AvgIpc) is 2.80. The number of hydrogen-bond donors (Lipinski definition) is 2. The molecule has 0 heterocycles. The summed E-state index contributed by atoms with van der Waals surface area (Å²) in [5.41, 5.74) is 7.60. The van der Waals surface area contributed by atoms with E-state index in [-0.39, 0.29) is 18.4 Å². The van der Waals surface area contributed by atoms with Crippen LogP contribution in [-0.2, 0) is 4.79 Å². The SMILES string of the molecule is COc1cc(/C=N/NC(=O)c2ccc(C)cc2)cc(Br)c1OCC(=O)Nc1ccc(C)cc1C. The van der Waals surface area contributed by atoms with Gasteiger partial charge in [-0.1, -0.05) is 35.4 Å². The van der Waals surface area contributed by atoms with Crippen molar-refractivity contribution in [3.8, 4) is 11.5 Å². The zero-order chi connectivity index (χ0) is 24.7. The Labute approximate surface area is 207 Å². The zero-order valence-corrected chi connectivity index (χ0v) is 21.0. The van der Waals surface area contributed by atoms with Crippen molar-refractivity contribution in [2.75, 3.05) is 19.0 Å². The van der Waals surface area contributed by atoms with Crippen LogP contribution in [0.2, 0.25) is 0 Å². The van der Waals surface area contributed by atoms with Crippen LogP contribution in [0.4, 0.5) is 5.69 Å². The molecular weight excluding hydrogens is 498 g/mol. The zero-order valence-electron chi connectivity index (χ0n) is 19.4. The van der Waals surface area contributed by atoms with Gasteiger partial charge in [-0.2, -0.15) is 5.10 Å². The van der Waals surface area contributed by atoms with Crippen molar-refractivity contribution < 1.29 is 19.1 Å². The number of benzene rings is 3. The largest absolute Gasteiger partial charge is 0.493 e.